The van der Waals surface area contributed by atoms with Crippen molar-refractivity contribution < 1.29 is 14.6 Å². The van der Waals surface area contributed by atoms with Crippen LogP contribution in [0, 0.1) is 0 Å². The van der Waals surface area contributed by atoms with Crippen molar-refractivity contribution in [2.45, 2.75) is 13.8 Å². The number of allylic oxidation sites excluding steroid dienone is 1. The van der Waals surface area contributed by atoms with Crippen LogP contribution in [0.5, 0.6) is 11.5 Å². The number of carboxylic acids is 1. The van der Waals surface area contributed by atoms with E-state index in [1.807, 2.05) is 48.5 Å². The van der Waals surface area contributed by atoms with E-state index in [-0.39, 0.29) is 5.70 Å². The molecule has 142 valence electrons. The van der Waals surface area contributed by atoms with Gasteiger partial charge in [0.25, 0.3) is 0 Å². The Labute approximate surface area is 164 Å². The standard InChI is InChI=1S/C21H20N3O3P/c1-14(2)20(21(25)26)24-15(3)16-9-10-18(27-17-7-5-4-6-8-17)19(11-16)28-13-22-12-23-28/h4-13,24H,3H2,1-2H3,(H,25,26). The topological polar surface area (TPSA) is 84.3 Å². The van der Waals surface area contributed by atoms with E-state index in [1.54, 1.807) is 19.8 Å². The second-order valence-corrected chi connectivity index (χ2v) is 7.85. The Morgan fingerprint density at radius 2 is 1.93 bits per heavy atom. The lowest BCUT2D eigenvalue weighted by Crippen LogP contribution is -2.19. The van der Waals surface area contributed by atoms with E-state index >= 15 is 0 Å². The molecule has 0 spiro atoms. The molecule has 0 saturated heterocycles. The molecule has 0 radical (unpaired) electrons. The van der Waals surface area contributed by atoms with Crippen LogP contribution in [0.4, 0.5) is 0 Å². The predicted octanol–water partition coefficient (Wildman–Crippen LogP) is 5.18. The van der Waals surface area contributed by atoms with Crippen molar-refractivity contribution in [1.29, 1.82) is 0 Å². The SMILES string of the molecule is C=C(NC(C(=O)O)=C(C)C)c1ccc(Oc2ccccc2)c(-p2cncn2)c1. The first-order chi connectivity index (χ1) is 13.5. The maximum atomic E-state index is 11.4. The first-order valence-corrected chi connectivity index (χ1v) is 9.91. The van der Waals surface area contributed by atoms with Gasteiger partial charge in [0.05, 0.1) is 11.2 Å². The second kappa shape index (κ2) is 8.55. The number of para-hydroxylation sites is 1. The van der Waals surface area contributed by atoms with Crippen LogP contribution in [0.15, 0.2) is 78.6 Å². The van der Waals surface area contributed by atoms with Crippen molar-refractivity contribution in [1.82, 2.24) is 15.0 Å². The Balaban J connectivity index is 1.96. The molecule has 0 aliphatic heterocycles. The van der Waals surface area contributed by atoms with E-state index in [2.05, 4.69) is 21.6 Å². The molecule has 2 aromatic carbocycles. The Morgan fingerprint density at radius 3 is 2.54 bits per heavy atom. The molecule has 0 fully saturated rings. The number of nitrogens with zero attached hydrogens (tertiary/aromatic N) is 2. The molecule has 1 aromatic heterocycles. The average molecular weight is 393 g/mol. The van der Waals surface area contributed by atoms with Gasteiger partial charge in [0.2, 0.25) is 0 Å². The van der Waals surface area contributed by atoms with Gasteiger partial charge in [-0.3, -0.25) is 0 Å². The van der Waals surface area contributed by atoms with Gasteiger partial charge in [-0.15, -0.1) is 0 Å². The average Bonchev–Trinajstić information content (AvgIpc) is 3.21. The van der Waals surface area contributed by atoms with Crippen LogP contribution < -0.4 is 10.1 Å². The minimum absolute atomic E-state index is 0.113. The lowest BCUT2D eigenvalue weighted by molar-refractivity contribution is -0.133. The van der Waals surface area contributed by atoms with Crippen molar-refractivity contribution >= 4 is 19.4 Å². The van der Waals surface area contributed by atoms with Gasteiger partial charge < -0.3 is 15.2 Å². The molecule has 3 rings (SSSR count). The summed E-state index contributed by atoms with van der Waals surface area (Å²) < 4.78 is 10.5. The molecular weight excluding hydrogens is 373 g/mol. The van der Waals surface area contributed by atoms with Crippen molar-refractivity contribution in [3.63, 3.8) is 0 Å². The first-order valence-electron chi connectivity index (χ1n) is 8.54. The molecule has 1 atom stereocenters. The molecule has 0 bridgehead atoms. The van der Waals surface area contributed by atoms with Crippen molar-refractivity contribution in [3.8, 4) is 16.8 Å². The Morgan fingerprint density at radius 1 is 1.18 bits per heavy atom. The maximum absolute atomic E-state index is 11.4. The predicted molar refractivity (Wildman–Crippen MR) is 111 cm³/mol. The highest BCUT2D eigenvalue weighted by Crippen LogP contribution is 2.44. The number of benzene rings is 2. The highest BCUT2D eigenvalue weighted by Gasteiger charge is 2.15. The smallest absolute Gasteiger partial charge is 0.352 e. The summed E-state index contributed by atoms with van der Waals surface area (Å²) in [5, 5.41) is 13.1. The monoisotopic (exact) mass is 393 g/mol. The molecular formula is C21H20N3O3P. The lowest BCUT2D eigenvalue weighted by atomic mass is 10.1. The van der Waals surface area contributed by atoms with Crippen LogP contribution in [-0.2, 0) is 4.79 Å². The summed E-state index contributed by atoms with van der Waals surface area (Å²) in [6.07, 6.45) is 1.53. The van der Waals surface area contributed by atoms with Crippen LogP contribution in [-0.4, -0.2) is 20.8 Å². The summed E-state index contributed by atoms with van der Waals surface area (Å²) in [6.45, 7) is 7.47. The quantitative estimate of drug-likeness (QED) is 0.538. The highest BCUT2D eigenvalue weighted by molar-refractivity contribution is 7.52. The molecule has 7 heteroatoms. The number of aromatic nitrogens is 2. The summed E-state index contributed by atoms with van der Waals surface area (Å²) in [4.78, 5) is 15.5. The van der Waals surface area contributed by atoms with Gasteiger partial charge >= 0.3 is 5.97 Å². The lowest BCUT2D eigenvalue weighted by Gasteiger charge is -2.15. The van der Waals surface area contributed by atoms with Crippen LogP contribution in [0.1, 0.15) is 19.4 Å². The summed E-state index contributed by atoms with van der Waals surface area (Å²) in [6, 6.07) is 15.1. The maximum Gasteiger partial charge on any atom is 0.352 e. The number of hydrogen-bond acceptors (Lipinski definition) is 5. The molecule has 0 aliphatic carbocycles. The molecule has 2 N–H and O–H groups in total. The van der Waals surface area contributed by atoms with Gasteiger partial charge in [-0.1, -0.05) is 24.8 Å². The normalized spacial score (nSPS) is 10.9. The van der Waals surface area contributed by atoms with Crippen molar-refractivity contribution in [2.75, 3.05) is 0 Å². The number of aliphatic carboxylic acids is 1. The molecule has 0 aliphatic rings. The zero-order valence-corrected chi connectivity index (χ0v) is 16.5. The summed E-state index contributed by atoms with van der Waals surface area (Å²) in [5.74, 6) is 2.17. The number of carboxylic acid groups (broad SMARTS) is 1. The van der Waals surface area contributed by atoms with Gasteiger partial charge in [0, 0.05) is 13.4 Å². The fourth-order valence-corrected chi connectivity index (χ4v) is 3.82. The fraction of sp³-hybridized carbons (Fsp3) is 0.0952. The van der Waals surface area contributed by atoms with E-state index < -0.39 is 13.7 Å². The number of rotatable bonds is 7. The van der Waals surface area contributed by atoms with Gasteiger partial charge in [0.15, 0.2) is 0 Å². The second-order valence-electron chi connectivity index (χ2n) is 6.22. The van der Waals surface area contributed by atoms with E-state index in [4.69, 9.17) is 4.74 Å². The summed E-state index contributed by atoms with van der Waals surface area (Å²) in [7, 11) is -0.988. The molecule has 0 amide bonds. The van der Waals surface area contributed by atoms with Crippen LogP contribution in [0.25, 0.3) is 11.0 Å². The van der Waals surface area contributed by atoms with Gasteiger partial charge in [-0.25, -0.2) is 14.5 Å². The summed E-state index contributed by atoms with van der Waals surface area (Å²) >= 11 is 0. The largest absolute Gasteiger partial charge is 0.477 e. The van der Waals surface area contributed by atoms with Crippen LogP contribution in [0.3, 0.4) is 0 Å². The molecule has 3 aromatic rings. The Bertz CT molecular complexity index is 1020. The number of nitrogens with one attached hydrogen (secondary N) is 1. The van der Waals surface area contributed by atoms with E-state index in [0.717, 1.165) is 16.6 Å². The molecule has 0 saturated carbocycles. The van der Waals surface area contributed by atoms with Crippen molar-refractivity contribution in [3.05, 3.63) is 84.2 Å². The third-order valence-electron chi connectivity index (χ3n) is 3.93. The fourth-order valence-electron chi connectivity index (χ4n) is 2.53. The van der Waals surface area contributed by atoms with Gasteiger partial charge in [-0.05, 0) is 55.3 Å². The molecule has 1 heterocycles. The van der Waals surface area contributed by atoms with Crippen LogP contribution >= 0.6 is 7.69 Å². The molecule has 6 nitrogen and oxygen atoms in total. The third-order valence-corrected chi connectivity index (χ3v) is 5.48. The molecule has 1 unspecified atom stereocenters. The number of carbonyl (C=O) groups is 1. The summed E-state index contributed by atoms with van der Waals surface area (Å²) in [5.41, 5.74) is 2.02. The van der Waals surface area contributed by atoms with Crippen LogP contribution in [0.2, 0.25) is 0 Å². The van der Waals surface area contributed by atoms with Crippen molar-refractivity contribution in [2.24, 2.45) is 0 Å². The third kappa shape index (κ3) is 4.48. The number of hydrogen-bond donors (Lipinski definition) is 2. The minimum Gasteiger partial charge on any atom is -0.477 e. The van der Waals surface area contributed by atoms with E-state index in [9.17, 15) is 9.90 Å². The van der Waals surface area contributed by atoms with E-state index in [0.29, 0.717) is 17.0 Å². The van der Waals surface area contributed by atoms with E-state index in [1.165, 1.54) is 6.33 Å². The highest BCUT2D eigenvalue weighted by atomic mass is 31.1. The zero-order valence-electron chi connectivity index (χ0n) is 15.6. The first kappa shape index (κ1) is 19.4. The van der Waals surface area contributed by atoms with Gasteiger partial charge in [0.1, 0.15) is 23.5 Å². The number of ether oxygens (including phenoxy) is 1. The zero-order chi connectivity index (χ0) is 20.1. The Hall–Kier alpha value is -3.37. The van der Waals surface area contributed by atoms with Gasteiger partial charge in [-0.2, -0.15) is 0 Å². The molecule has 28 heavy (non-hydrogen) atoms. The minimum atomic E-state index is -1.03. The Kier molecular flexibility index (Phi) is 5.92.